The Hall–Kier alpha value is -2.51. The first-order chi connectivity index (χ1) is 14.0. The summed E-state index contributed by atoms with van der Waals surface area (Å²) in [4.78, 5) is 21.5. The molecule has 1 aliphatic rings. The van der Waals surface area contributed by atoms with E-state index >= 15 is 0 Å². The van der Waals surface area contributed by atoms with E-state index in [-0.39, 0.29) is 11.9 Å². The van der Waals surface area contributed by atoms with E-state index in [2.05, 4.69) is 44.8 Å². The molecule has 6 nitrogen and oxygen atoms in total. The van der Waals surface area contributed by atoms with Gasteiger partial charge in [-0.05, 0) is 32.0 Å². The van der Waals surface area contributed by atoms with Crippen LogP contribution in [0.25, 0.3) is 11.4 Å². The SMILES string of the molecule is Cc1ccc(-c2noc(C(C)N3CCN(C(=O)c4cccc(Br)c4)CC3)n2)cc1. The van der Waals surface area contributed by atoms with Crippen LogP contribution in [0.15, 0.2) is 57.5 Å². The fraction of sp³-hybridized carbons (Fsp3) is 0.318. The molecule has 7 heteroatoms. The molecular weight excluding hydrogens is 432 g/mol. The number of hydrogen-bond donors (Lipinski definition) is 0. The monoisotopic (exact) mass is 454 g/mol. The van der Waals surface area contributed by atoms with Crippen LogP contribution in [-0.4, -0.2) is 52.0 Å². The zero-order valence-electron chi connectivity index (χ0n) is 16.5. The van der Waals surface area contributed by atoms with Crippen molar-refractivity contribution in [1.29, 1.82) is 0 Å². The van der Waals surface area contributed by atoms with E-state index in [0.717, 1.165) is 23.1 Å². The van der Waals surface area contributed by atoms with Crippen LogP contribution in [0.1, 0.15) is 34.8 Å². The molecule has 0 radical (unpaired) electrons. The molecule has 1 aromatic heterocycles. The molecule has 0 spiro atoms. The van der Waals surface area contributed by atoms with Crippen molar-refractivity contribution in [2.45, 2.75) is 19.9 Å². The Morgan fingerprint density at radius 2 is 1.83 bits per heavy atom. The number of aryl methyl sites for hydroxylation is 1. The van der Waals surface area contributed by atoms with Crippen molar-refractivity contribution in [3.63, 3.8) is 0 Å². The molecule has 0 N–H and O–H groups in total. The average molecular weight is 455 g/mol. The zero-order valence-corrected chi connectivity index (χ0v) is 18.1. The van der Waals surface area contributed by atoms with E-state index in [9.17, 15) is 4.79 Å². The number of nitrogens with zero attached hydrogens (tertiary/aromatic N) is 4. The summed E-state index contributed by atoms with van der Waals surface area (Å²) < 4.78 is 6.45. The lowest BCUT2D eigenvalue weighted by Gasteiger charge is -2.36. The molecule has 0 bridgehead atoms. The average Bonchev–Trinajstić information content (AvgIpc) is 3.23. The lowest BCUT2D eigenvalue weighted by molar-refractivity contribution is 0.0551. The number of piperazine rings is 1. The molecule has 1 amide bonds. The largest absolute Gasteiger partial charge is 0.337 e. The lowest BCUT2D eigenvalue weighted by atomic mass is 10.1. The van der Waals surface area contributed by atoms with Gasteiger partial charge in [-0.15, -0.1) is 0 Å². The molecule has 1 fully saturated rings. The highest BCUT2D eigenvalue weighted by Crippen LogP contribution is 2.24. The summed E-state index contributed by atoms with van der Waals surface area (Å²) in [6, 6.07) is 15.6. The van der Waals surface area contributed by atoms with E-state index in [1.165, 1.54) is 5.56 Å². The summed E-state index contributed by atoms with van der Waals surface area (Å²) >= 11 is 3.43. The molecule has 3 aromatic rings. The Kier molecular flexibility index (Phi) is 5.78. The molecular formula is C22H23BrN4O2. The first-order valence-corrected chi connectivity index (χ1v) is 10.5. The van der Waals surface area contributed by atoms with Crippen molar-refractivity contribution in [3.8, 4) is 11.4 Å². The minimum atomic E-state index is 0.00446. The van der Waals surface area contributed by atoms with E-state index in [0.29, 0.717) is 30.4 Å². The van der Waals surface area contributed by atoms with Crippen molar-refractivity contribution in [2.24, 2.45) is 0 Å². The van der Waals surface area contributed by atoms with Gasteiger partial charge in [0.1, 0.15) is 0 Å². The van der Waals surface area contributed by atoms with Crippen LogP contribution in [0.5, 0.6) is 0 Å². The second-order valence-electron chi connectivity index (χ2n) is 7.34. The van der Waals surface area contributed by atoms with Crippen LogP contribution in [0.3, 0.4) is 0 Å². The quantitative estimate of drug-likeness (QED) is 0.586. The molecule has 1 atom stereocenters. The van der Waals surface area contributed by atoms with Crippen LogP contribution in [0.4, 0.5) is 0 Å². The van der Waals surface area contributed by atoms with Gasteiger partial charge in [-0.1, -0.05) is 57.0 Å². The summed E-state index contributed by atoms with van der Waals surface area (Å²) in [6.45, 7) is 7.00. The van der Waals surface area contributed by atoms with Crippen LogP contribution in [-0.2, 0) is 0 Å². The lowest BCUT2D eigenvalue weighted by Crippen LogP contribution is -2.49. The Morgan fingerprint density at radius 3 is 2.52 bits per heavy atom. The number of carbonyl (C=O) groups is 1. The minimum absolute atomic E-state index is 0.00446. The number of hydrogen-bond acceptors (Lipinski definition) is 5. The van der Waals surface area contributed by atoms with Gasteiger partial charge in [0.25, 0.3) is 5.91 Å². The van der Waals surface area contributed by atoms with Crippen LogP contribution in [0, 0.1) is 6.92 Å². The van der Waals surface area contributed by atoms with Crippen LogP contribution in [0.2, 0.25) is 0 Å². The smallest absolute Gasteiger partial charge is 0.253 e. The predicted molar refractivity (Wildman–Crippen MR) is 115 cm³/mol. The molecule has 150 valence electrons. The highest BCUT2D eigenvalue weighted by atomic mass is 79.9. The van der Waals surface area contributed by atoms with Gasteiger partial charge < -0.3 is 9.42 Å². The van der Waals surface area contributed by atoms with Gasteiger partial charge in [-0.25, -0.2) is 0 Å². The Bertz CT molecular complexity index is 994. The number of amides is 1. The van der Waals surface area contributed by atoms with E-state index in [1.54, 1.807) is 0 Å². The number of rotatable bonds is 4. The van der Waals surface area contributed by atoms with Gasteiger partial charge in [0, 0.05) is 41.8 Å². The number of benzene rings is 2. The summed E-state index contributed by atoms with van der Waals surface area (Å²) in [5.74, 6) is 1.28. The van der Waals surface area contributed by atoms with E-state index in [4.69, 9.17) is 4.52 Å². The molecule has 2 heterocycles. The Labute approximate surface area is 178 Å². The Morgan fingerprint density at radius 1 is 1.10 bits per heavy atom. The minimum Gasteiger partial charge on any atom is -0.337 e. The van der Waals surface area contributed by atoms with Crippen LogP contribution < -0.4 is 0 Å². The molecule has 1 aliphatic heterocycles. The van der Waals surface area contributed by atoms with E-state index < -0.39 is 0 Å². The van der Waals surface area contributed by atoms with Gasteiger partial charge >= 0.3 is 0 Å². The van der Waals surface area contributed by atoms with Gasteiger partial charge in [0.15, 0.2) is 0 Å². The first-order valence-electron chi connectivity index (χ1n) is 9.71. The maximum absolute atomic E-state index is 12.7. The van der Waals surface area contributed by atoms with E-state index in [1.807, 2.05) is 53.4 Å². The summed E-state index contributed by atoms with van der Waals surface area (Å²) in [6.07, 6.45) is 0. The summed E-state index contributed by atoms with van der Waals surface area (Å²) in [7, 11) is 0. The maximum Gasteiger partial charge on any atom is 0.253 e. The van der Waals surface area contributed by atoms with Gasteiger partial charge in [-0.2, -0.15) is 4.98 Å². The van der Waals surface area contributed by atoms with Gasteiger partial charge in [0.05, 0.1) is 6.04 Å². The van der Waals surface area contributed by atoms with Crippen molar-refractivity contribution in [1.82, 2.24) is 19.9 Å². The molecule has 29 heavy (non-hydrogen) atoms. The molecule has 1 unspecified atom stereocenters. The third-order valence-corrected chi connectivity index (χ3v) is 5.82. The Balaban J connectivity index is 1.38. The van der Waals surface area contributed by atoms with Crippen molar-refractivity contribution in [3.05, 3.63) is 70.0 Å². The summed E-state index contributed by atoms with van der Waals surface area (Å²) in [5, 5.41) is 4.14. The summed E-state index contributed by atoms with van der Waals surface area (Å²) in [5.41, 5.74) is 2.85. The van der Waals surface area contributed by atoms with Gasteiger partial charge in [-0.3, -0.25) is 9.69 Å². The molecule has 0 saturated carbocycles. The second-order valence-corrected chi connectivity index (χ2v) is 8.25. The molecule has 1 saturated heterocycles. The molecule has 0 aliphatic carbocycles. The highest BCUT2D eigenvalue weighted by Gasteiger charge is 2.28. The predicted octanol–water partition coefficient (Wildman–Crippen LogP) is 4.33. The standard InChI is InChI=1S/C22H23BrN4O2/c1-15-6-8-17(9-7-15)20-24-21(29-25-20)16(2)26-10-12-27(13-11-26)22(28)18-4-3-5-19(23)14-18/h3-9,14,16H,10-13H2,1-2H3. The number of aromatic nitrogens is 2. The van der Waals surface area contributed by atoms with Crippen molar-refractivity contribution < 1.29 is 9.32 Å². The topological polar surface area (TPSA) is 62.5 Å². The third-order valence-electron chi connectivity index (χ3n) is 5.33. The first kappa shape index (κ1) is 19.8. The second kappa shape index (κ2) is 8.47. The van der Waals surface area contributed by atoms with Crippen LogP contribution >= 0.6 is 15.9 Å². The normalized spacial score (nSPS) is 16.0. The van der Waals surface area contributed by atoms with Gasteiger partial charge in [0.2, 0.25) is 11.7 Å². The fourth-order valence-corrected chi connectivity index (χ4v) is 3.90. The number of carbonyl (C=O) groups excluding carboxylic acids is 1. The fourth-order valence-electron chi connectivity index (χ4n) is 3.50. The van der Waals surface area contributed by atoms with Crippen molar-refractivity contribution in [2.75, 3.05) is 26.2 Å². The molecule has 2 aromatic carbocycles. The molecule has 4 rings (SSSR count). The maximum atomic E-state index is 12.7. The van der Waals surface area contributed by atoms with Crippen molar-refractivity contribution >= 4 is 21.8 Å². The highest BCUT2D eigenvalue weighted by molar-refractivity contribution is 9.10. The third kappa shape index (κ3) is 4.41. The zero-order chi connectivity index (χ0) is 20.4. The number of halogens is 1.